The van der Waals surface area contributed by atoms with Crippen LogP contribution in [0.4, 0.5) is 0 Å². The first-order chi connectivity index (χ1) is 10.4. The van der Waals surface area contributed by atoms with Gasteiger partial charge >= 0.3 is 5.97 Å². The highest BCUT2D eigenvalue weighted by Gasteiger charge is 2.29. The number of H-pyrrole nitrogens is 1. The van der Waals surface area contributed by atoms with Crippen molar-refractivity contribution in [3.63, 3.8) is 0 Å². The summed E-state index contributed by atoms with van der Waals surface area (Å²) in [6, 6.07) is 3.96. The van der Waals surface area contributed by atoms with E-state index in [0.717, 1.165) is 23.9 Å². The summed E-state index contributed by atoms with van der Waals surface area (Å²) in [5.41, 5.74) is 5.09. The molecule has 0 radical (unpaired) electrons. The van der Waals surface area contributed by atoms with E-state index in [0.29, 0.717) is 23.6 Å². The van der Waals surface area contributed by atoms with Crippen LogP contribution >= 0.6 is 0 Å². The topological polar surface area (TPSA) is 55.0 Å². The van der Waals surface area contributed by atoms with E-state index in [9.17, 15) is 4.79 Å². The van der Waals surface area contributed by atoms with Gasteiger partial charge in [0.1, 0.15) is 5.69 Å². The Balaban J connectivity index is 1.95. The Kier molecular flexibility index (Phi) is 3.71. The van der Waals surface area contributed by atoms with Crippen LogP contribution < -0.4 is 0 Å². The van der Waals surface area contributed by atoms with E-state index in [2.05, 4.69) is 31.8 Å². The fourth-order valence-corrected chi connectivity index (χ4v) is 3.27. The van der Waals surface area contributed by atoms with Gasteiger partial charge in [0.15, 0.2) is 0 Å². The third-order valence-corrected chi connectivity index (χ3v) is 4.69. The number of pyridine rings is 1. The van der Waals surface area contributed by atoms with Crippen molar-refractivity contribution < 1.29 is 9.53 Å². The highest BCUT2D eigenvalue weighted by molar-refractivity contribution is 5.93. The molecule has 118 valence electrons. The van der Waals surface area contributed by atoms with Gasteiger partial charge in [0, 0.05) is 5.69 Å². The summed E-state index contributed by atoms with van der Waals surface area (Å²) in [6.07, 6.45) is 3.27. The number of aromatic nitrogens is 2. The van der Waals surface area contributed by atoms with Crippen LogP contribution in [0.1, 0.15) is 55.9 Å². The molecule has 4 nitrogen and oxygen atoms in total. The summed E-state index contributed by atoms with van der Waals surface area (Å²) >= 11 is 0. The van der Waals surface area contributed by atoms with Crippen molar-refractivity contribution in [3.05, 3.63) is 29.1 Å². The molecule has 1 unspecified atom stereocenters. The number of carbonyl (C=O) groups is 1. The number of aromatic amines is 1. The lowest BCUT2D eigenvalue weighted by Crippen LogP contribution is -2.27. The second kappa shape index (κ2) is 5.41. The van der Waals surface area contributed by atoms with Crippen molar-refractivity contribution in [1.29, 1.82) is 0 Å². The standard InChI is InChI=1S/C18H24N2O2/c1-5-22-17(21)16-10-15-14(20-16)9-11-8-12(18(2,3)4)6-7-13(11)19-15/h9-10,12,20H,5-8H2,1-4H3. The first-order valence-corrected chi connectivity index (χ1v) is 8.07. The van der Waals surface area contributed by atoms with Crippen molar-refractivity contribution >= 4 is 17.0 Å². The Labute approximate surface area is 131 Å². The Bertz CT molecular complexity index is 710. The van der Waals surface area contributed by atoms with Crippen LogP contribution in [0.25, 0.3) is 11.0 Å². The number of nitrogens with zero attached hydrogens (tertiary/aromatic N) is 1. The number of fused-ring (bicyclic) bond motifs is 2. The van der Waals surface area contributed by atoms with Gasteiger partial charge in [0.05, 0.1) is 17.6 Å². The van der Waals surface area contributed by atoms with Gasteiger partial charge in [-0.15, -0.1) is 0 Å². The van der Waals surface area contributed by atoms with Crippen LogP contribution in [0.15, 0.2) is 12.1 Å². The first kappa shape index (κ1) is 15.1. The van der Waals surface area contributed by atoms with Gasteiger partial charge in [-0.2, -0.15) is 0 Å². The average molecular weight is 300 g/mol. The molecule has 0 bridgehead atoms. The molecule has 4 heteroatoms. The molecule has 2 heterocycles. The molecule has 1 N–H and O–H groups in total. The lowest BCUT2D eigenvalue weighted by atomic mass is 9.71. The first-order valence-electron chi connectivity index (χ1n) is 8.07. The predicted molar refractivity (Wildman–Crippen MR) is 87.0 cm³/mol. The summed E-state index contributed by atoms with van der Waals surface area (Å²) in [7, 11) is 0. The molecule has 1 aliphatic rings. The monoisotopic (exact) mass is 300 g/mol. The van der Waals surface area contributed by atoms with E-state index in [1.807, 2.05) is 6.92 Å². The van der Waals surface area contributed by atoms with Crippen molar-refractivity contribution in [1.82, 2.24) is 9.97 Å². The molecule has 1 aliphatic carbocycles. The maximum atomic E-state index is 11.8. The molecule has 2 aromatic heterocycles. The average Bonchev–Trinajstić information content (AvgIpc) is 2.86. The van der Waals surface area contributed by atoms with Gasteiger partial charge in [-0.3, -0.25) is 4.98 Å². The lowest BCUT2D eigenvalue weighted by Gasteiger charge is -2.34. The number of ether oxygens (including phenoxy) is 1. The van der Waals surface area contributed by atoms with Crippen LogP contribution in [0.3, 0.4) is 0 Å². The van der Waals surface area contributed by atoms with E-state index < -0.39 is 0 Å². The van der Waals surface area contributed by atoms with Crippen LogP contribution in [0.5, 0.6) is 0 Å². The normalized spacial score (nSPS) is 18.3. The van der Waals surface area contributed by atoms with Crippen molar-refractivity contribution in [2.75, 3.05) is 6.61 Å². The smallest absolute Gasteiger partial charge is 0.354 e. The Morgan fingerprint density at radius 1 is 1.41 bits per heavy atom. The summed E-state index contributed by atoms with van der Waals surface area (Å²) in [6.45, 7) is 9.11. The molecule has 2 aromatic rings. The zero-order valence-corrected chi connectivity index (χ0v) is 13.8. The molecule has 0 saturated heterocycles. The fraction of sp³-hybridized carbons (Fsp3) is 0.556. The van der Waals surface area contributed by atoms with E-state index in [1.165, 1.54) is 17.7 Å². The molecule has 0 saturated carbocycles. The van der Waals surface area contributed by atoms with Crippen LogP contribution in [0, 0.1) is 11.3 Å². The van der Waals surface area contributed by atoms with Crippen molar-refractivity contribution in [2.24, 2.45) is 11.3 Å². The van der Waals surface area contributed by atoms with E-state index in [1.54, 1.807) is 6.07 Å². The molecule has 0 amide bonds. The van der Waals surface area contributed by atoms with Gasteiger partial charge in [-0.25, -0.2) is 4.79 Å². The van der Waals surface area contributed by atoms with E-state index in [-0.39, 0.29) is 5.97 Å². The minimum Gasteiger partial charge on any atom is -0.461 e. The number of hydrogen-bond donors (Lipinski definition) is 1. The number of carbonyl (C=O) groups excluding carboxylic acids is 1. The summed E-state index contributed by atoms with van der Waals surface area (Å²) in [5.74, 6) is 0.366. The van der Waals surface area contributed by atoms with Crippen LogP contribution in [0.2, 0.25) is 0 Å². The molecule has 3 rings (SSSR count). The Morgan fingerprint density at radius 3 is 2.86 bits per heavy atom. The number of hydrogen-bond acceptors (Lipinski definition) is 3. The number of esters is 1. The molecule has 0 spiro atoms. The van der Waals surface area contributed by atoms with E-state index >= 15 is 0 Å². The zero-order chi connectivity index (χ0) is 15.9. The second-order valence-electron chi connectivity index (χ2n) is 7.24. The summed E-state index contributed by atoms with van der Waals surface area (Å²) in [4.78, 5) is 19.7. The third kappa shape index (κ3) is 2.74. The van der Waals surface area contributed by atoms with Gasteiger partial charge in [0.25, 0.3) is 0 Å². The maximum absolute atomic E-state index is 11.8. The van der Waals surface area contributed by atoms with Crippen LogP contribution in [-0.2, 0) is 17.6 Å². The number of nitrogens with one attached hydrogen (secondary N) is 1. The zero-order valence-electron chi connectivity index (χ0n) is 13.8. The quantitative estimate of drug-likeness (QED) is 0.856. The van der Waals surface area contributed by atoms with Crippen molar-refractivity contribution in [2.45, 2.75) is 47.0 Å². The predicted octanol–water partition coefficient (Wildman–Crippen LogP) is 3.89. The number of rotatable bonds is 2. The molecule has 1 atom stereocenters. The molecular weight excluding hydrogens is 276 g/mol. The van der Waals surface area contributed by atoms with Gasteiger partial charge < -0.3 is 9.72 Å². The molecule has 0 aliphatic heterocycles. The van der Waals surface area contributed by atoms with E-state index in [4.69, 9.17) is 9.72 Å². The minimum absolute atomic E-state index is 0.314. The second-order valence-corrected chi connectivity index (χ2v) is 7.24. The molecule has 22 heavy (non-hydrogen) atoms. The third-order valence-electron chi connectivity index (χ3n) is 4.69. The number of aryl methyl sites for hydroxylation is 1. The summed E-state index contributed by atoms with van der Waals surface area (Å²) in [5, 5.41) is 0. The molecule has 0 fully saturated rings. The Morgan fingerprint density at radius 2 is 2.18 bits per heavy atom. The molecular formula is C18H24N2O2. The fourth-order valence-electron chi connectivity index (χ4n) is 3.27. The largest absolute Gasteiger partial charge is 0.461 e. The molecule has 0 aromatic carbocycles. The van der Waals surface area contributed by atoms with Gasteiger partial charge in [-0.05, 0) is 55.2 Å². The lowest BCUT2D eigenvalue weighted by molar-refractivity contribution is 0.0520. The minimum atomic E-state index is -0.314. The van der Waals surface area contributed by atoms with Crippen LogP contribution in [-0.4, -0.2) is 22.5 Å². The SMILES string of the molecule is CCOC(=O)c1cc2nc3c(cc2[nH]1)CC(C(C)(C)C)CC3. The van der Waals surface area contributed by atoms with Crippen molar-refractivity contribution in [3.8, 4) is 0 Å². The highest BCUT2D eigenvalue weighted by Crippen LogP contribution is 2.37. The van der Waals surface area contributed by atoms with Gasteiger partial charge in [0.2, 0.25) is 0 Å². The maximum Gasteiger partial charge on any atom is 0.354 e. The van der Waals surface area contributed by atoms with Gasteiger partial charge in [-0.1, -0.05) is 20.8 Å². The summed E-state index contributed by atoms with van der Waals surface area (Å²) < 4.78 is 5.05. The highest BCUT2D eigenvalue weighted by atomic mass is 16.5. The Hall–Kier alpha value is -1.84.